The van der Waals surface area contributed by atoms with Crippen molar-refractivity contribution >= 4 is 40.3 Å². The van der Waals surface area contributed by atoms with E-state index in [0.717, 1.165) is 41.2 Å². The van der Waals surface area contributed by atoms with Crippen LogP contribution >= 0.6 is 23.2 Å². The zero-order chi connectivity index (χ0) is 28.7. The van der Waals surface area contributed by atoms with Crippen molar-refractivity contribution in [3.8, 4) is 0 Å². The van der Waals surface area contributed by atoms with Crippen LogP contribution in [0.2, 0.25) is 10.0 Å². The summed E-state index contributed by atoms with van der Waals surface area (Å²) < 4.78 is 8.03. The number of carbonyl (C=O) groups is 1. The molecule has 0 aliphatic heterocycles. The van der Waals surface area contributed by atoms with Gasteiger partial charge in [-0.25, -0.2) is 9.78 Å². The lowest BCUT2D eigenvalue weighted by atomic mass is 9.85. The van der Waals surface area contributed by atoms with Gasteiger partial charge in [0.15, 0.2) is 0 Å². The van der Waals surface area contributed by atoms with E-state index >= 15 is 0 Å². The Morgan fingerprint density at radius 2 is 1.41 bits per heavy atom. The minimum atomic E-state index is -0.496. The number of carbonyl (C=O) groups excluding carboxylic acids is 1. The third kappa shape index (κ3) is 6.42. The molecular weight excluding hydrogens is 553 g/mol. The van der Waals surface area contributed by atoms with Gasteiger partial charge in [0.1, 0.15) is 11.4 Å². The van der Waals surface area contributed by atoms with E-state index in [1.165, 1.54) is 40.9 Å². The number of fused-ring (bicyclic) bond motifs is 1. The molecule has 1 heterocycles. The maximum atomic E-state index is 12.4. The highest BCUT2D eigenvalue weighted by Gasteiger charge is 2.34. The molecule has 4 aromatic rings. The van der Waals surface area contributed by atoms with Gasteiger partial charge >= 0.3 is 6.09 Å². The number of amides is 1. The summed E-state index contributed by atoms with van der Waals surface area (Å²) in [5.41, 5.74) is 5.32. The Morgan fingerprint density at radius 3 is 1.95 bits per heavy atom. The molecule has 7 heteroatoms. The van der Waals surface area contributed by atoms with Crippen LogP contribution in [-0.2, 0) is 4.74 Å². The normalized spacial score (nSPS) is 19.5. The monoisotopic (exact) mass is 589 g/mol. The average molecular weight is 591 g/mol. The first kappa shape index (κ1) is 28.1. The molecule has 0 radical (unpaired) electrons. The number of hydrogen-bond acceptors (Lipinski definition) is 3. The fourth-order valence-electron chi connectivity index (χ4n) is 6.16. The largest absolute Gasteiger partial charge is 0.444 e. The summed E-state index contributed by atoms with van der Waals surface area (Å²) in [6, 6.07) is 23.5. The molecule has 2 aliphatic carbocycles. The summed E-state index contributed by atoms with van der Waals surface area (Å²) in [7, 11) is 0. The molecule has 6 rings (SSSR count). The Hall–Kier alpha value is -3.02. The van der Waals surface area contributed by atoms with Crippen LogP contribution in [0.25, 0.3) is 11.0 Å². The SMILES string of the molecule is CC(C)(C)OC(=O)N[C@H]1CC[C@@H](n2c(C3CC3)nc3ccc(C(c4ccc(Cl)cc4)c4ccc(Cl)cc4)cc32)CC1. The van der Waals surface area contributed by atoms with Gasteiger partial charge in [-0.2, -0.15) is 0 Å². The molecule has 41 heavy (non-hydrogen) atoms. The molecule has 0 saturated heterocycles. The minimum absolute atomic E-state index is 0.0374. The second-order valence-electron chi connectivity index (χ2n) is 12.6. The Kier molecular flexibility index (Phi) is 7.78. The van der Waals surface area contributed by atoms with E-state index in [1.54, 1.807) is 0 Å². The first-order valence-corrected chi connectivity index (χ1v) is 15.4. The van der Waals surface area contributed by atoms with Crippen molar-refractivity contribution in [2.24, 2.45) is 0 Å². The lowest BCUT2D eigenvalue weighted by molar-refractivity contribution is 0.0488. The molecule has 2 saturated carbocycles. The summed E-state index contributed by atoms with van der Waals surface area (Å²) in [6.07, 6.45) is 5.90. The Bertz CT molecular complexity index is 1480. The number of alkyl carbamates (subject to hydrolysis) is 1. The van der Waals surface area contributed by atoms with Crippen molar-refractivity contribution in [1.29, 1.82) is 0 Å². The van der Waals surface area contributed by atoms with Crippen LogP contribution < -0.4 is 5.32 Å². The first-order chi connectivity index (χ1) is 19.6. The number of nitrogens with one attached hydrogen (secondary N) is 1. The zero-order valence-electron chi connectivity index (χ0n) is 23.9. The molecule has 3 aromatic carbocycles. The van der Waals surface area contributed by atoms with Gasteiger partial charge in [-0.15, -0.1) is 0 Å². The Morgan fingerprint density at radius 1 is 0.854 bits per heavy atom. The Balaban J connectivity index is 1.33. The highest BCUT2D eigenvalue weighted by atomic mass is 35.5. The van der Waals surface area contributed by atoms with Gasteiger partial charge in [0, 0.05) is 34.0 Å². The van der Waals surface area contributed by atoms with Crippen LogP contribution in [0.4, 0.5) is 4.79 Å². The topological polar surface area (TPSA) is 56.1 Å². The van der Waals surface area contributed by atoms with Crippen molar-refractivity contribution in [3.63, 3.8) is 0 Å². The summed E-state index contributed by atoms with van der Waals surface area (Å²) >= 11 is 12.5. The molecule has 5 nitrogen and oxygen atoms in total. The Labute approximate surface area is 252 Å². The van der Waals surface area contributed by atoms with Gasteiger partial charge < -0.3 is 14.6 Å². The molecule has 0 spiro atoms. The van der Waals surface area contributed by atoms with E-state index in [4.69, 9.17) is 32.9 Å². The maximum absolute atomic E-state index is 12.4. The quantitative estimate of drug-likeness (QED) is 0.228. The van der Waals surface area contributed by atoms with Crippen LogP contribution in [0.1, 0.15) is 99.7 Å². The van der Waals surface area contributed by atoms with Crippen LogP contribution in [0.5, 0.6) is 0 Å². The molecule has 1 amide bonds. The van der Waals surface area contributed by atoms with Gasteiger partial charge in [0.2, 0.25) is 0 Å². The standard InChI is InChI=1S/C34H37Cl2N3O2/c1-34(2,3)41-33(40)37-27-15-17-28(18-16-27)39-30-20-24(10-19-29(30)38-32(39)23-4-5-23)31(21-6-11-25(35)12-7-21)22-8-13-26(36)14-9-22/h6-14,19-20,23,27-28,31H,4-5,15-18H2,1-3H3,(H,37,40)/t27-,28+. The van der Waals surface area contributed by atoms with Gasteiger partial charge in [-0.05, 0) is 112 Å². The molecule has 0 bridgehead atoms. The number of imidazole rings is 1. The summed E-state index contributed by atoms with van der Waals surface area (Å²) in [5.74, 6) is 1.79. The van der Waals surface area contributed by atoms with Crippen molar-refractivity contribution in [2.75, 3.05) is 0 Å². The first-order valence-electron chi connectivity index (χ1n) is 14.7. The highest BCUT2D eigenvalue weighted by Crippen LogP contribution is 2.45. The van der Waals surface area contributed by atoms with Crippen molar-refractivity contribution in [2.45, 2.75) is 88.8 Å². The third-order valence-electron chi connectivity index (χ3n) is 8.21. The van der Waals surface area contributed by atoms with E-state index in [0.29, 0.717) is 12.0 Å². The third-order valence-corrected chi connectivity index (χ3v) is 8.71. The fraction of sp³-hybridized carbons (Fsp3) is 0.412. The average Bonchev–Trinajstić information content (AvgIpc) is 3.71. The smallest absolute Gasteiger partial charge is 0.407 e. The number of aromatic nitrogens is 2. The van der Waals surface area contributed by atoms with Crippen molar-refractivity contribution < 1.29 is 9.53 Å². The number of hydrogen-bond donors (Lipinski definition) is 1. The minimum Gasteiger partial charge on any atom is -0.444 e. The molecule has 0 atom stereocenters. The summed E-state index contributed by atoms with van der Waals surface area (Å²) in [6.45, 7) is 5.68. The van der Waals surface area contributed by atoms with Crippen LogP contribution in [0, 0.1) is 0 Å². The second-order valence-corrected chi connectivity index (χ2v) is 13.4. The van der Waals surface area contributed by atoms with Gasteiger partial charge in [-0.3, -0.25) is 0 Å². The van der Waals surface area contributed by atoms with E-state index in [2.05, 4.69) is 52.3 Å². The predicted molar refractivity (Wildman–Crippen MR) is 166 cm³/mol. The molecule has 0 unspecified atom stereocenters. The predicted octanol–water partition coefficient (Wildman–Crippen LogP) is 9.41. The molecule has 2 aliphatic rings. The lowest BCUT2D eigenvalue weighted by Gasteiger charge is -2.32. The van der Waals surface area contributed by atoms with Crippen molar-refractivity contribution in [3.05, 3.63) is 99.3 Å². The zero-order valence-corrected chi connectivity index (χ0v) is 25.4. The van der Waals surface area contributed by atoms with E-state index in [-0.39, 0.29) is 18.1 Å². The van der Waals surface area contributed by atoms with E-state index < -0.39 is 5.60 Å². The number of halogens is 2. The van der Waals surface area contributed by atoms with E-state index in [1.807, 2.05) is 45.0 Å². The van der Waals surface area contributed by atoms with Gasteiger partial charge in [0.25, 0.3) is 0 Å². The molecule has 1 aromatic heterocycles. The van der Waals surface area contributed by atoms with Gasteiger partial charge in [0.05, 0.1) is 11.0 Å². The van der Waals surface area contributed by atoms with Crippen LogP contribution in [0.3, 0.4) is 0 Å². The van der Waals surface area contributed by atoms with Crippen LogP contribution in [-0.4, -0.2) is 27.3 Å². The second kappa shape index (κ2) is 11.3. The molecule has 214 valence electrons. The van der Waals surface area contributed by atoms with Gasteiger partial charge in [-0.1, -0.05) is 53.5 Å². The summed E-state index contributed by atoms with van der Waals surface area (Å²) in [5, 5.41) is 4.54. The van der Waals surface area contributed by atoms with E-state index in [9.17, 15) is 4.79 Å². The number of benzene rings is 3. The highest BCUT2D eigenvalue weighted by molar-refractivity contribution is 6.30. The molecule has 2 fully saturated rings. The van der Waals surface area contributed by atoms with Crippen LogP contribution in [0.15, 0.2) is 66.7 Å². The fourth-order valence-corrected chi connectivity index (χ4v) is 6.41. The van der Waals surface area contributed by atoms with Crippen molar-refractivity contribution in [1.82, 2.24) is 14.9 Å². The number of ether oxygens (including phenoxy) is 1. The maximum Gasteiger partial charge on any atom is 0.407 e. The number of nitrogens with zero attached hydrogens (tertiary/aromatic N) is 2. The lowest BCUT2D eigenvalue weighted by Crippen LogP contribution is -2.41. The summed E-state index contributed by atoms with van der Waals surface area (Å²) in [4.78, 5) is 17.5. The molecular formula is C34H37Cl2N3O2. The molecule has 1 N–H and O–H groups in total. The number of rotatable bonds is 6.